The van der Waals surface area contributed by atoms with Crippen LogP contribution in [0.2, 0.25) is 0 Å². The average Bonchev–Trinajstić information content (AvgIpc) is 1.88. The van der Waals surface area contributed by atoms with Crippen LogP contribution in [0.3, 0.4) is 0 Å². The van der Waals surface area contributed by atoms with Crippen LogP contribution < -0.4 is 0 Å². The highest BCUT2D eigenvalue weighted by molar-refractivity contribution is 7.09. The van der Waals surface area contributed by atoms with Gasteiger partial charge >= 0.3 is 0 Å². The number of rotatable bonds is 5. The lowest BCUT2D eigenvalue weighted by atomic mass is 10.4. The monoisotopic (exact) mass is 166 g/mol. The molecule has 10 heavy (non-hydrogen) atoms. The van der Waals surface area contributed by atoms with Gasteiger partial charge in [-0.3, -0.25) is 0 Å². The third kappa shape index (κ3) is 5.12. The molecule has 0 amide bonds. The Bertz CT molecular complexity index is 79.4. The third-order valence-electron chi connectivity index (χ3n) is 1.05. The molecule has 1 N–H and O–H groups in total. The van der Waals surface area contributed by atoms with Gasteiger partial charge in [-0.1, -0.05) is 0 Å². The summed E-state index contributed by atoms with van der Waals surface area (Å²) in [5, 5.41) is 8.58. The Kier molecular flexibility index (Phi) is 6.24. The smallest absolute Gasteiger partial charge is 0.0788 e. The Morgan fingerprint density at radius 2 is 2.00 bits per heavy atom. The fraction of sp³-hybridized carbons (Fsp3) is 1.00. The van der Waals surface area contributed by atoms with Crippen molar-refractivity contribution in [1.29, 1.82) is 0 Å². The number of aliphatic hydroxyl groups excluding tert-OH is 1. The van der Waals surface area contributed by atoms with Crippen molar-refractivity contribution in [3.8, 4) is 0 Å². The molecule has 0 aromatic heterocycles. The van der Waals surface area contributed by atoms with Crippen molar-refractivity contribution in [2.75, 3.05) is 13.2 Å². The topological polar surface area (TPSA) is 38.7 Å². The van der Waals surface area contributed by atoms with Crippen molar-refractivity contribution < 1.29 is 14.4 Å². The van der Waals surface area contributed by atoms with Crippen LogP contribution in [0.4, 0.5) is 0 Å². The summed E-state index contributed by atoms with van der Waals surface area (Å²) >= 11 is 0. The summed E-state index contributed by atoms with van der Waals surface area (Å²) in [6.07, 6.45) is -0.0604. The van der Waals surface area contributed by atoms with E-state index in [4.69, 9.17) is 14.4 Å². The molecular weight excluding hydrogens is 151 g/mol. The van der Waals surface area contributed by atoms with Crippen LogP contribution in [0, 0.1) is 0 Å². The predicted molar refractivity (Wildman–Crippen MR) is 42.8 cm³/mol. The summed E-state index contributed by atoms with van der Waals surface area (Å²) in [4.78, 5) is 0. The van der Waals surface area contributed by atoms with E-state index in [9.17, 15) is 0 Å². The van der Waals surface area contributed by atoms with E-state index in [0.29, 0.717) is 6.61 Å². The molecule has 0 aliphatic heterocycles. The zero-order valence-corrected chi connectivity index (χ0v) is 7.56. The quantitative estimate of drug-likeness (QED) is 0.607. The Balaban J connectivity index is 3.27. The van der Waals surface area contributed by atoms with Crippen LogP contribution in [0.5, 0.6) is 0 Å². The molecule has 0 heterocycles. The van der Waals surface area contributed by atoms with Crippen molar-refractivity contribution in [1.82, 2.24) is 0 Å². The molecule has 0 rings (SSSR count). The maximum absolute atomic E-state index is 8.58. The van der Waals surface area contributed by atoms with E-state index in [1.807, 2.05) is 13.8 Å². The van der Waals surface area contributed by atoms with E-state index >= 15 is 0 Å². The third-order valence-corrected chi connectivity index (χ3v) is 1.25. The molecule has 0 saturated carbocycles. The van der Waals surface area contributed by atoms with Crippen LogP contribution in [0.1, 0.15) is 13.8 Å². The minimum absolute atomic E-state index is 0.0413. The highest BCUT2D eigenvalue weighted by atomic mass is 31.0. The zero-order valence-electron chi connectivity index (χ0n) is 6.41. The summed E-state index contributed by atoms with van der Waals surface area (Å²) in [5.74, 6) is 0. The average molecular weight is 166 g/mol. The first-order valence-electron chi connectivity index (χ1n) is 3.28. The summed E-state index contributed by atoms with van der Waals surface area (Å²) in [6, 6.07) is 0. The second-order valence-corrected chi connectivity index (χ2v) is 2.61. The fourth-order valence-corrected chi connectivity index (χ4v) is 0.885. The van der Waals surface area contributed by atoms with E-state index < -0.39 is 0 Å². The van der Waals surface area contributed by atoms with Gasteiger partial charge in [0.25, 0.3) is 0 Å². The number of ether oxygens (including phenoxy) is 1. The summed E-state index contributed by atoms with van der Waals surface area (Å²) < 4.78 is 10.0. The molecule has 0 spiro atoms. The molecule has 3 unspecified atom stereocenters. The molecule has 0 saturated heterocycles. The molecule has 0 radical (unpaired) electrons. The second-order valence-electron chi connectivity index (χ2n) is 2.27. The van der Waals surface area contributed by atoms with Crippen LogP contribution >= 0.6 is 9.47 Å². The fourth-order valence-electron chi connectivity index (χ4n) is 0.614. The van der Waals surface area contributed by atoms with Gasteiger partial charge in [0.1, 0.15) is 0 Å². The minimum atomic E-state index is -0.102. The first kappa shape index (κ1) is 10.3. The second kappa shape index (κ2) is 6.05. The van der Waals surface area contributed by atoms with E-state index in [0.717, 1.165) is 0 Å². The zero-order chi connectivity index (χ0) is 7.98. The van der Waals surface area contributed by atoms with Crippen LogP contribution in [0.25, 0.3) is 0 Å². The van der Waals surface area contributed by atoms with Gasteiger partial charge in [0.05, 0.1) is 25.4 Å². The Hall–Kier alpha value is 0.310. The normalized spacial score (nSPS) is 16.8. The Labute approximate surface area is 64.0 Å². The van der Waals surface area contributed by atoms with Crippen molar-refractivity contribution >= 4 is 9.47 Å². The highest BCUT2D eigenvalue weighted by Crippen LogP contribution is 1.99. The lowest BCUT2D eigenvalue weighted by Gasteiger charge is -2.15. The van der Waals surface area contributed by atoms with Gasteiger partial charge in [-0.15, -0.1) is 0 Å². The van der Waals surface area contributed by atoms with Crippen LogP contribution in [-0.2, 0) is 9.26 Å². The van der Waals surface area contributed by atoms with Crippen molar-refractivity contribution in [2.45, 2.75) is 26.1 Å². The van der Waals surface area contributed by atoms with Gasteiger partial charge in [0.2, 0.25) is 0 Å². The van der Waals surface area contributed by atoms with Gasteiger partial charge < -0.3 is 14.4 Å². The Morgan fingerprint density at radius 1 is 1.40 bits per heavy atom. The van der Waals surface area contributed by atoms with Crippen LogP contribution in [-0.4, -0.2) is 30.5 Å². The maximum atomic E-state index is 8.58. The van der Waals surface area contributed by atoms with E-state index in [1.165, 1.54) is 0 Å². The highest BCUT2D eigenvalue weighted by Gasteiger charge is 2.05. The molecule has 0 aliphatic carbocycles. The SMILES string of the molecule is CC(CO)OC(C)COP. The van der Waals surface area contributed by atoms with Crippen molar-refractivity contribution in [3.05, 3.63) is 0 Å². The molecule has 3 atom stereocenters. The van der Waals surface area contributed by atoms with E-state index in [2.05, 4.69) is 9.47 Å². The summed E-state index contributed by atoms with van der Waals surface area (Å²) in [5.41, 5.74) is 0. The molecular formula is C6H15O3P. The standard InChI is InChI=1S/C6H15O3P/c1-5(3-7)9-6(2)4-8-10/h5-7H,3-4,10H2,1-2H3. The van der Waals surface area contributed by atoms with Gasteiger partial charge in [-0.05, 0) is 13.8 Å². The molecule has 0 bridgehead atoms. The van der Waals surface area contributed by atoms with Crippen molar-refractivity contribution in [3.63, 3.8) is 0 Å². The number of aliphatic hydroxyl groups is 1. The molecule has 4 heteroatoms. The van der Waals surface area contributed by atoms with Crippen molar-refractivity contribution in [2.24, 2.45) is 0 Å². The summed E-state index contributed by atoms with van der Waals surface area (Å²) in [7, 11) is 2.16. The van der Waals surface area contributed by atoms with Gasteiger partial charge in [0, 0.05) is 9.47 Å². The molecule has 0 aromatic carbocycles. The summed E-state index contributed by atoms with van der Waals surface area (Å²) in [6.45, 7) is 4.31. The van der Waals surface area contributed by atoms with E-state index in [1.54, 1.807) is 0 Å². The molecule has 0 fully saturated rings. The Morgan fingerprint density at radius 3 is 2.40 bits per heavy atom. The van der Waals surface area contributed by atoms with E-state index in [-0.39, 0.29) is 18.8 Å². The van der Waals surface area contributed by atoms with Crippen LogP contribution in [0.15, 0.2) is 0 Å². The van der Waals surface area contributed by atoms with Gasteiger partial charge in [0.15, 0.2) is 0 Å². The minimum Gasteiger partial charge on any atom is -0.394 e. The lowest BCUT2D eigenvalue weighted by molar-refractivity contribution is -0.0357. The van der Waals surface area contributed by atoms with Gasteiger partial charge in [-0.25, -0.2) is 0 Å². The van der Waals surface area contributed by atoms with Gasteiger partial charge in [-0.2, -0.15) is 0 Å². The number of hydrogen-bond acceptors (Lipinski definition) is 3. The maximum Gasteiger partial charge on any atom is 0.0788 e. The molecule has 3 nitrogen and oxygen atoms in total. The first-order chi connectivity index (χ1) is 4.70. The number of hydrogen-bond donors (Lipinski definition) is 1. The molecule has 0 aliphatic rings. The largest absolute Gasteiger partial charge is 0.394 e. The lowest BCUT2D eigenvalue weighted by Crippen LogP contribution is -2.22. The first-order valence-corrected chi connectivity index (χ1v) is 3.75. The molecule has 0 aromatic rings. The molecule has 62 valence electrons. The predicted octanol–water partition coefficient (Wildman–Crippen LogP) is 0.579.